The highest BCUT2D eigenvalue weighted by atomic mass is 16.6. The molecular formula is C33H45NO9. The number of aliphatic hydroxyl groups is 2. The SMILES string of the molecule is CO[C@@H](NC(=O)CCCc1ccccc1)[C@H]1C[C@@H](O)C(C)(C)[C@@H](C[C@H](O)[C@@H](C)[C@H]2Cc3c(C)c(O)cc(O)c3C(=O)O2)O1. The van der Waals surface area contributed by atoms with E-state index >= 15 is 0 Å². The van der Waals surface area contributed by atoms with Crippen molar-refractivity contribution in [2.75, 3.05) is 7.11 Å². The largest absolute Gasteiger partial charge is 0.508 e. The van der Waals surface area contributed by atoms with Crippen molar-refractivity contribution in [3.8, 4) is 11.5 Å². The molecule has 2 aliphatic heterocycles. The zero-order valence-electron chi connectivity index (χ0n) is 25.6. The van der Waals surface area contributed by atoms with E-state index in [9.17, 15) is 30.0 Å². The van der Waals surface area contributed by atoms with Crippen molar-refractivity contribution in [1.29, 1.82) is 0 Å². The minimum Gasteiger partial charge on any atom is -0.508 e. The Hall–Kier alpha value is -3.18. The molecule has 4 rings (SSSR count). The van der Waals surface area contributed by atoms with E-state index in [-0.39, 0.29) is 42.2 Å². The standard InChI is InChI=1S/C33H45NO9/c1-18-21-14-25(43-32(40)30(21)24(37)15-22(18)35)19(2)23(36)16-28-33(3,4)27(38)17-26(42-28)31(41-5)34-29(39)13-9-12-20-10-7-6-8-11-20/h6-8,10-11,15,19,23,25-28,31,35-38H,9,12-14,16-17H2,1-5H3,(H,34,39)/t19-,23+,25-,26-,27-,28-,31-/m1/s1. The predicted octanol–water partition coefficient (Wildman–Crippen LogP) is 3.53. The van der Waals surface area contributed by atoms with Gasteiger partial charge < -0.3 is 40.0 Å². The number of phenols is 2. The van der Waals surface area contributed by atoms with E-state index in [0.717, 1.165) is 18.1 Å². The number of aromatic hydroxyl groups is 2. The van der Waals surface area contributed by atoms with Crippen LogP contribution in [0.5, 0.6) is 11.5 Å². The number of rotatable bonds is 11. The summed E-state index contributed by atoms with van der Waals surface area (Å²) in [6, 6.07) is 11.1. The number of phenolic OH excluding ortho intramolecular Hbond substituents is 2. The molecule has 7 atom stereocenters. The average Bonchev–Trinajstić information content (AvgIpc) is 2.96. The van der Waals surface area contributed by atoms with Crippen molar-refractivity contribution >= 4 is 11.9 Å². The quantitative estimate of drug-likeness (QED) is 0.193. The van der Waals surface area contributed by atoms with Gasteiger partial charge in [0.05, 0.1) is 18.3 Å². The number of methoxy groups -OCH3 is 1. The van der Waals surface area contributed by atoms with Gasteiger partial charge in [-0.3, -0.25) is 4.79 Å². The number of esters is 1. The molecule has 0 aromatic heterocycles. The van der Waals surface area contributed by atoms with Crippen molar-refractivity contribution in [2.45, 2.75) is 103 Å². The summed E-state index contributed by atoms with van der Waals surface area (Å²) in [7, 11) is 1.48. The van der Waals surface area contributed by atoms with Crippen molar-refractivity contribution in [2.24, 2.45) is 11.3 Å². The number of nitrogens with one attached hydrogen (secondary N) is 1. The number of hydrogen-bond acceptors (Lipinski definition) is 9. The molecule has 0 radical (unpaired) electrons. The Morgan fingerprint density at radius 1 is 1.16 bits per heavy atom. The zero-order chi connectivity index (χ0) is 31.5. The molecule has 1 fully saturated rings. The molecule has 1 amide bonds. The predicted molar refractivity (Wildman–Crippen MR) is 159 cm³/mol. The third-order valence-corrected chi connectivity index (χ3v) is 9.28. The summed E-state index contributed by atoms with van der Waals surface area (Å²) >= 11 is 0. The Labute approximate surface area is 253 Å². The van der Waals surface area contributed by atoms with Gasteiger partial charge in [0, 0.05) is 50.2 Å². The van der Waals surface area contributed by atoms with Gasteiger partial charge in [-0.2, -0.15) is 0 Å². The third-order valence-electron chi connectivity index (χ3n) is 9.28. The molecule has 1 saturated heterocycles. The number of hydrogen-bond donors (Lipinski definition) is 5. The fraction of sp³-hybridized carbons (Fsp3) is 0.576. The highest BCUT2D eigenvalue weighted by molar-refractivity contribution is 5.96. The third kappa shape index (κ3) is 7.32. The minimum atomic E-state index is -0.977. The van der Waals surface area contributed by atoms with Crippen LogP contribution in [0.25, 0.3) is 0 Å². The first-order chi connectivity index (χ1) is 20.3. The van der Waals surface area contributed by atoms with Gasteiger partial charge in [-0.1, -0.05) is 51.1 Å². The molecule has 2 aromatic carbocycles. The molecule has 0 saturated carbocycles. The van der Waals surface area contributed by atoms with Gasteiger partial charge >= 0.3 is 5.97 Å². The fourth-order valence-corrected chi connectivity index (χ4v) is 6.07. The second-order valence-electron chi connectivity index (χ2n) is 12.5. The number of carbonyl (C=O) groups is 2. The lowest BCUT2D eigenvalue weighted by atomic mass is 9.73. The Balaban J connectivity index is 1.39. The van der Waals surface area contributed by atoms with E-state index in [4.69, 9.17) is 14.2 Å². The number of aryl methyl sites for hydroxylation is 1. The van der Waals surface area contributed by atoms with Crippen molar-refractivity contribution in [3.63, 3.8) is 0 Å². The summed E-state index contributed by atoms with van der Waals surface area (Å²) in [5.41, 5.74) is 1.44. The summed E-state index contributed by atoms with van der Waals surface area (Å²) in [5.74, 6) is -1.88. The molecule has 2 aromatic rings. The number of aliphatic hydroxyl groups excluding tert-OH is 2. The molecule has 5 N–H and O–H groups in total. The van der Waals surface area contributed by atoms with E-state index < -0.39 is 54.0 Å². The van der Waals surface area contributed by atoms with E-state index in [2.05, 4.69) is 5.32 Å². The molecule has 0 aliphatic carbocycles. The molecule has 43 heavy (non-hydrogen) atoms. The van der Waals surface area contributed by atoms with Gasteiger partial charge in [0.25, 0.3) is 0 Å². The first-order valence-corrected chi connectivity index (χ1v) is 15.0. The van der Waals surface area contributed by atoms with Crippen LogP contribution in [0.4, 0.5) is 0 Å². The smallest absolute Gasteiger partial charge is 0.342 e. The lowest BCUT2D eigenvalue weighted by Crippen LogP contribution is -2.58. The number of benzene rings is 2. The topological polar surface area (TPSA) is 155 Å². The molecule has 0 spiro atoms. The van der Waals surface area contributed by atoms with Crippen LogP contribution >= 0.6 is 0 Å². The van der Waals surface area contributed by atoms with E-state index in [1.807, 2.05) is 44.2 Å². The number of ether oxygens (including phenoxy) is 3. The second kappa shape index (κ2) is 13.6. The molecule has 10 heteroatoms. The average molecular weight is 600 g/mol. The Morgan fingerprint density at radius 2 is 1.86 bits per heavy atom. The monoisotopic (exact) mass is 599 g/mol. The normalized spacial score (nSPS) is 25.2. The highest BCUT2D eigenvalue weighted by Crippen LogP contribution is 2.42. The number of amides is 1. The molecule has 10 nitrogen and oxygen atoms in total. The van der Waals surface area contributed by atoms with Gasteiger partial charge in [0.15, 0.2) is 6.23 Å². The van der Waals surface area contributed by atoms with Crippen molar-refractivity contribution < 1.29 is 44.2 Å². The van der Waals surface area contributed by atoms with Crippen LogP contribution in [0.15, 0.2) is 36.4 Å². The van der Waals surface area contributed by atoms with Crippen molar-refractivity contribution in [3.05, 3.63) is 58.7 Å². The van der Waals surface area contributed by atoms with Crippen LogP contribution in [0.1, 0.15) is 73.5 Å². The molecule has 236 valence electrons. The lowest BCUT2D eigenvalue weighted by Gasteiger charge is -2.48. The summed E-state index contributed by atoms with van der Waals surface area (Å²) < 4.78 is 17.6. The molecule has 2 aliphatic rings. The first-order valence-electron chi connectivity index (χ1n) is 15.0. The Kier molecular flexibility index (Phi) is 10.4. The maximum Gasteiger partial charge on any atom is 0.342 e. The van der Waals surface area contributed by atoms with Crippen LogP contribution in [-0.2, 0) is 31.8 Å². The van der Waals surface area contributed by atoms with Crippen LogP contribution in [-0.4, -0.2) is 76.2 Å². The fourth-order valence-electron chi connectivity index (χ4n) is 6.07. The zero-order valence-corrected chi connectivity index (χ0v) is 25.6. The van der Waals surface area contributed by atoms with E-state index in [1.165, 1.54) is 7.11 Å². The lowest BCUT2D eigenvalue weighted by molar-refractivity contribution is -0.216. The van der Waals surface area contributed by atoms with Crippen molar-refractivity contribution in [1.82, 2.24) is 5.32 Å². The highest BCUT2D eigenvalue weighted by Gasteiger charge is 2.48. The molecule has 0 unspecified atom stereocenters. The van der Waals surface area contributed by atoms with Gasteiger partial charge in [-0.25, -0.2) is 4.79 Å². The van der Waals surface area contributed by atoms with E-state index in [0.29, 0.717) is 24.0 Å². The van der Waals surface area contributed by atoms with Crippen LogP contribution in [0.2, 0.25) is 0 Å². The molecule has 0 bridgehead atoms. The van der Waals surface area contributed by atoms with E-state index in [1.54, 1.807) is 13.8 Å². The molecular weight excluding hydrogens is 554 g/mol. The van der Waals surface area contributed by atoms with Crippen LogP contribution in [0.3, 0.4) is 0 Å². The number of fused-ring (bicyclic) bond motifs is 1. The summed E-state index contributed by atoms with van der Waals surface area (Å²) in [5, 5.41) is 45.7. The molecule has 2 heterocycles. The maximum absolute atomic E-state index is 12.8. The van der Waals surface area contributed by atoms with Crippen LogP contribution < -0.4 is 5.32 Å². The Bertz CT molecular complexity index is 1280. The first kappa shape index (κ1) is 32.7. The number of carbonyl (C=O) groups excluding carboxylic acids is 2. The Morgan fingerprint density at radius 3 is 2.53 bits per heavy atom. The summed E-state index contributed by atoms with van der Waals surface area (Å²) in [4.78, 5) is 25.5. The van der Waals surface area contributed by atoms with Gasteiger partial charge in [-0.15, -0.1) is 0 Å². The minimum absolute atomic E-state index is 0.0312. The van der Waals surface area contributed by atoms with Gasteiger partial charge in [0.2, 0.25) is 5.91 Å². The van der Waals surface area contributed by atoms with Gasteiger partial charge in [0.1, 0.15) is 29.3 Å². The van der Waals surface area contributed by atoms with Gasteiger partial charge in [-0.05, 0) is 36.5 Å². The number of cyclic esters (lactones) is 1. The van der Waals surface area contributed by atoms with Crippen LogP contribution in [0, 0.1) is 18.3 Å². The second-order valence-corrected chi connectivity index (χ2v) is 12.5. The summed E-state index contributed by atoms with van der Waals surface area (Å²) in [6.07, 6.45) is -2.16. The maximum atomic E-state index is 12.8. The summed E-state index contributed by atoms with van der Waals surface area (Å²) in [6.45, 7) is 7.17.